The van der Waals surface area contributed by atoms with Crippen LogP contribution in [0.5, 0.6) is 5.75 Å². The molecule has 0 N–H and O–H groups in total. The van der Waals surface area contributed by atoms with Gasteiger partial charge in [0.25, 0.3) is 0 Å². The summed E-state index contributed by atoms with van der Waals surface area (Å²) >= 11 is 0. The predicted molar refractivity (Wildman–Crippen MR) is 105 cm³/mol. The van der Waals surface area contributed by atoms with Crippen LogP contribution in [0.4, 0.5) is 4.39 Å². The zero-order valence-corrected chi connectivity index (χ0v) is 17.1. The molecule has 3 heterocycles. The predicted octanol–water partition coefficient (Wildman–Crippen LogP) is 2.04. The number of nitrogens with zero attached hydrogens (tertiary/aromatic N) is 4. The number of ether oxygens (including phenoxy) is 2. The molecular formula is C21H27FN4O4. The maximum absolute atomic E-state index is 13.0. The number of likely N-dealkylation sites (tertiary alicyclic amines) is 1. The number of carbonyl (C=O) groups is 1. The molecule has 0 radical (unpaired) electrons. The smallest absolute Gasteiger partial charge is 0.248 e. The molecule has 2 aliphatic heterocycles. The number of aryl methyl sites for hydroxylation is 1. The van der Waals surface area contributed by atoms with E-state index in [-0.39, 0.29) is 30.5 Å². The van der Waals surface area contributed by atoms with Gasteiger partial charge in [0, 0.05) is 25.6 Å². The molecule has 1 atom stereocenters. The van der Waals surface area contributed by atoms with Crippen LogP contribution in [0.25, 0.3) is 0 Å². The number of carbonyl (C=O) groups excluding carboxylic acids is 1. The summed E-state index contributed by atoms with van der Waals surface area (Å²) in [4.78, 5) is 16.6. The zero-order valence-electron chi connectivity index (χ0n) is 17.1. The molecule has 2 fully saturated rings. The maximum atomic E-state index is 13.0. The number of rotatable bonds is 7. The van der Waals surface area contributed by atoms with Crippen molar-refractivity contribution in [3.05, 3.63) is 41.9 Å². The fourth-order valence-electron chi connectivity index (χ4n) is 3.90. The lowest BCUT2D eigenvalue weighted by atomic mass is 10.0. The van der Waals surface area contributed by atoms with Gasteiger partial charge in [-0.3, -0.25) is 9.69 Å². The molecule has 8 nitrogen and oxygen atoms in total. The SMILES string of the molecule is CCc1nnc(CN2CCC(N3C[C@@H](COc4ccc(F)cc4)OCC3=O)CC2)o1. The van der Waals surface area contributed by atoms with Crippen molar-refractivity contribution >= 4 is 5.91 Å². The molecular weight excluding hydrogens is 391 g/mol. The molecule has 2 aliphatic rings. The minimum absolute atomic E-state index is 0.0240. The third-order valence-corrected chi connectivity index (χ3v) is 5.58. The minimum Gasteiger partial charge on any atom is -0.491 e. The molecule has 1 amide bonds. The zero-order chi connectivity index (χ0) is 20.9. The minimum atomic E-state index is -0.302. The Hall–Kier alpha value is -2.52. The molecule has 0 aliphatic carbocycles. The van der Waals surface area contributed by atoms with Crippen molar-refractivity contribution in [1.82, 2.24) is 20.0 Å². The van der Waals surface area contributed by atoms with Crippen LogP contribution in [-0.2, 0) is 22.5 Å². The molecule has 4 rings (SSSR count). The summed E-state index contributed by atoms with van der Waals surface area (Å²) in [6, 6.07) is 6.09. The van der Waals surface area contributed by atoms with Crippen molar-refractivity contribution in [2.75, 3.05) is 32.8 Å². The summed E-state index contributed by atoms with van der Waals surface area (Å²) in [5.74, 6) is 1.61. The highest BCUT2D eigenvalue weighted by atomic mass is 19.1. The molecule has 0 bridgehead atoms. The van der Waals surface area contributed by atoms with Gasteiger partial charge in [-0.05, 0) is 37.1 Å². The van der Waals surface area contributed by atoms with Crippen LogP contribution in [0.1, 0.15) is 31.5 Å². The van der Waals surface area contributed by atoms with Gasteiger partial charge in [-0.15, -0.1) is 10.2 Å². The van der Waals surface area contributed by atoms with Gasteiger partial charge in [-0.1, -0.05) is 6.92 Å². The van der Waals surface area contributed by atoms with Crippen molar-refractivity contribution in [2.24, 2.45) is 0 Å². The third-order valence-electron chi connectivity index (χ3n) is 5.58. The summed E-state index contributed by atoms with van der Waals surface area (Å²) in [6.07, 6.45) is 2.33. The second-order valence-electron chi connectivity index (χ2n) is 7.69. The molecule has 0 spiro atoms. The van der Waals surface area contributed by atoms with Gasteiger partial charge >= 0.3 is 0 Å². The van der Waals surface area contributed by atoms with Crippen LogP contribution < -0.4 is 4.74 Å². The Morgan fingerprint density at radius 3 is 2.60 bits per heavy atom. The number of aromatic nitrogens is 2. The number of amides is 1. The summed E-state index contributed by atoms with van der Waals surface area (Å²) < 4.78 is 30.0. The van der Waals surface area contributed by atoms with Crippen LogP contribution in [0.3, 0.4) is 0 Å². The molecule has 2 aromatic rings. The Bertz CT molecular complexity index is 836. The van der Waals surface area contributed by atoms with E-state index < -0.39 is 0 Å². The van der Waals surface area contributed by atoms with Gasteiger partial charge < -0.3 is 18.8 Å². The van der Waals surface area contributed by atoms with Crippen LogP contribution >= 0.6 is 0 Å². The topological polar surface area (TPSA) is 80.9 Å². The van der Waals surface area contributed by atoms with Gasteiger partial charge in [0.05, 0.1) is 13.1 Å². The number of piperidine rings is 1. The first-order valence-corrected chi connectivity index (χ1v) is 10.4. The average molecular weight is 418 g/mol. The Kier molecular flexibility index (Phi) is 6.59. The van der Waals surface area contributed by atoms with Crippen molar-refractivity contribution in [1.29, 1.82) is 0 Å². The van der Waals surface area contributed by atoms with E-state index in [0.29, 0.717) is 37.2 Å². The summed E-state index contributed by atoms with van der Waals surface area (Å²) in [7, 11) is 0. The summed E-state index contributed by atoms with van der Waals surface area (Å²) in [5, 5.41) is 8.10. The maximum Gasteiger partial charge on any atom is 0.248 e. The molecule has 162 valence electrons. The summed E-state index contributed by atoms with van der Waals surface area (Å²) in [6.45, 7) is 5.27. The highest BCUT2D eigenvalue weighted by molar-refractivity contribution is 5.78. The second kappa shape index (κ2) is 9.53. The van der Waals surface area contributed by atoms with E-state index in [0.717, 1.165) is 32.4 Å². The van der Waals surface area contributed by atoms with Gasteiger partial charge in [0.1, 0.15) is 30.9 Å². The lowest BCUT2D eigenvalue weighted by Crippen LogP contribution is -2.55. The first kappa shape index (κ1) is 20.7. The quantitative estimate of drug-likeness (QED) is 0.681. The average Bonchev–Trinajstić information content (AvgIpc) is 3.22. The Morgan fingerprint density at radius 2 is 1.90 bits per heavy atom. The number of halogens is 1. The molecule has 2 saturated heterocycles. The van der Waals surface area contributed by atoms with Gasteiger partial charge in [0.2, 0.25) is 17.7 Å². The lowest BCUT2D eigenvalue weighted by molar-refractivity contribution is -0.155. The standard InChI is InChI=1S/C21H27FN4O4/c1-2-19-23-24-20(30-19)12-25-9-7-16(8-10-25)26-11-18(29-14-21(26)27)13-28-17-5-3-15(22)4-6-17/h3-6,16,18H,2,7-14H2,1H3/t18-/m0/s1. The van der Waals surface area contributed by atoms with Crippen LogP contribution in [0.2, 0.25) is 0 Å². The second-order valence-corrected chi connectivity index (χ2v) is 7.69. The number of hydrogen-bond donors (Lipinski definition) is 0. The van der Waals surface area contributed by atoms with E-state index in [1.807, 2.05) is 11.8 Å². The first-order chi connectivity index (χ1) is 14.6. The fourth-order valence-corrected chi connectivity index (χ4v) is 3.90. The van der Waals surface area contributed by atoms with Crippen molar-refractivity contribution in [3.8, 4) is 5.75 Å². The highest BCUT2D eigenvalue weighted by Crippen LogP contribution is 2.22. The normalized spacial score (nSPS) is 21.2. The fraction of sp³-hybridized carbons (Fsp3) is 0.571. The monoisotopic (exact) mass is 418 g/mol. The van der Waals surface area contributed by atoms with E-state index in [2.05, 4.69) is 15.1 Å². The Labute approximate surface area is 174 Å². The largest absolute Gasteiger partial charge is 0.491 e. The molecule has 9 heteroatoms. The number of benzene rings is 1. The van der Waals surface area contributed by atoms with E-state index in [1.54, 1.807) is 12.1 Å². The number of hydrogen-bond acceptors (Lipinski definition) is 7. The Morgan fingerprint density at radius 1 is 1.17 bits per heavy atom. The lowest BCUT2D eigenvalue weighted by Gasteiger charge is -2.41. The molecule has 1 aromatic carbocycles. The number of morpholine rings is 1. The van der Waals surface area contributed by atoms with Crippen LogP contribution in [-0.4, -0.2) is 70.9 Å². The third kappa shape index (κ3) is 5.14. The Balaban J connectivity index is 1.25. The van der Waals surface area contributed by atoms with Gasteiger partial charge in [-0.25, -0.2) is 4.39 Å². The van der Waals surface area contributed by atoms with E-state index in [4.69, 9.17) is 13.9 Å². The highest BCUT2D eigenvalue weighted by Gasteiger charge is 2.34. The van der Waals surface area contributed by atoms with Crippen molar-refractivity contribution in [2.45, 2.75) is 44.9 Å². The first-order valence-electron chi connectivity index (χ1n) is 10.4. The molecule has 0 unspecified atom stereocenters. The molecule has 1 aromatic heterocycles. The van der Waals surface area contributed by atoms with Crippen LogP contribution in [0, 0.1) is 5.82 Å². The van der Waals surface area contributed by atoms with Gasteiger partial charge in [-0.2, -0.15) is 0 Å². The molecule has 30 heavy (non-hydrogen) atoms. The van der Waals surface area contributed by atoms with Crippen molar-refractivity contribution < 1.29 is 23.1 Å². The van der Waals surface area contributed by atoms with E-state index >= 15 is 0 Å². The van der Waals surface area contributed by atoms with Gasteiger partial charge in [0.15, 0.2) is 0 Å². The summed E-state index contributed by atoms with van der Waals surface area (Å²) in [5.41, 5.74) is 0. The van der Waals surface area contributed by atoms with E-state index in [9.17, 15) is 9.18 Å². The van der Waals surface area contributed by atoms with E-state index in [1.165, 1.54) is 12.1 Å². The van der Waals surface area contributed by atoms with Crippen molar-refractivity contribution in [3.63, 3.8) is 0 Å². The molecule has 0 saturated carbocycles. The van der Waals surface area contributed by atoms with Crippen LogP contribution in [0.15, 0.2) is 28.7 Å².